The third-order valence-corrected chi connectivity index (χ3v) is 3.12. The Bertz CT molecular complexity index is 720. The van der Waals surface area contributed by atoms with E-state index in [1.54, 1.807) is 6.07 Å². The van der Waals surface area contributed by atoms with Crippen LogP contribution in [-0.2, 0) is 4.79 Å². The molecule has 0 amide bonds. The molecule has 1 aliphatic rings. The summed E-state index contributed by atoms with van der Waals surface area (Å²) in [7, 11) is 0. The van der Waals surface area contributed by atoms with Crippen LogP contribution in [0.5, 0.6) is 0 Å². The number of nitrogens with zero attached hydrogens (tertiary/aromatic N) is 2. The van der Waals surface area contributed by atoms with E-state index in [1.165, 1.54) is 0 Å². The van der Waals surface area contributed by atoms with E-state index < -0.39 is 5.97 Å². The highest BCUT2D eigenvalue weighted by atomic mass is 16.4. The van der Waals surface area contributed by atoms with Crippen LogP contribution in [0.4, 0.5) is 17.1 Å². The summed E-state index contributed by atoms with van der Waals surface area (Å²) in [4.78, 5) is 17.3. The number of carboxylic acid groups (broad SMARTS) is 1. The van der Waals surface area contributed by atoms with Crippen LogP contribution in [-0.4, -0.2) is 16.8 Å². The predicted octanol–water partition coefficient (Wildman–Crippen LogP) is 3.51. The summed E-state index contributed by atoms with van der Waals surface area (Å²) < 4.78 is 0. The maximum Gasteiger partial charge on any atom is 0.356 e. The molecule has 4 nitrogen and oxygen atoms in total. The molecule has 0 spiro atoms. The van der Waals surface area contributed by atoms with Gasteiger partial charge in [-0.25, -0.2) is 9.79 Å². The lowest BCUT2D eigenvalue weighted by atomic mass is 10.1. The summed E-state index contributed by atoms with van der Waals surface area (Å²) in [6, 6.07) is 16.9. The number of aliphatic imine (C=N–C) groups is 1. The Morgan fingerprint density at radius 2 is 1.70 bits per heavy atom. The number of benzene rings is 2. The minimum atomic E-state index is -1.08. The van der Waals surface area contributed by atoms with E-state index in [9.17, 15) is 9.90 Å². The first-order valence-corrected chi connectivity index (χ1v) is 6.14. The molecule has 0 aromatic heterocycles. The van der Waals surface area contributed by atoms with Crippen molar-refractivity contribution in [3.8, 4) is 0 Å². The first-order chi connectivity index (χ1) is 9.68. The summed E-state index contributed by atoms with van der Waals surface area (Å²) in [5, 5.41) is 9.28. The van der Waals surface area contributed by atoms with E-state index in [4.69, 9.17) is 0 Å². The zero-order valence-corrected chi connectivity index (χ0v) is 10.7. The van der Waals surface area contributed by atoms with Gasteiger partial charge in [0.2, 0.25) is 0 Å². The number of para-hydroxylation sites is 3. The molecule has 0 bridgehead atoms. The highest BCUT2D eigenvalue weighted by Crippen LogP contribution is 2.40. The summed E-state index contributed by atoms with van der Waals surface area (Å²) in [5.41, 5.74) is 2.64. The van der Waals surface area contributed by atoms with Crippen LogP contribution in [0.25, 0.3) is 0 Å². The Hall–Kier alpha value is -2.88. The molecule has 0 aliphatic carbocycles. The van der Waals surface area contributed by atoms with Gasteiger partial charge in [0.25, 0.3) is 0 Å². The number of carbonyl (C=O) groups is 1. The lowest BCUT2D eigenvalue weighted by molar-refractivity contribution is -0.129. The SMILES string of the molecule is C=C1C(C(=O)O)=Nc2ccccc2N1c1ccccc1. The second-order valence-electron chi connectivity index (χ2n) is 4.37. The zero-order chi connectivity index (χ0) is 14.1. The fraction of sp³-hybridized carbons (Fsp3) is 0. The molecule has 1 N–H and O–H groups in total. The largest absolute Gasteiger partial charge is 0.476 e. The van der Waals surface area contributed by atoms with Gasteiger partial charge in [0.05, 0.1) is 17.1 Å². The third-order valence-electron chi connectivity index (χ3n) is 3.12. The molecule has 2 aromatic carbocycles. The quantitative estimate of drug-likeness (QED) is 0.903. The van der Waals surface area contributed by atoms with Gasteiger partial charge in [-0.05, 0) is 24.3 Å². The van der Waals surface area contributed by atoms with Crippen molar-refractivity contribution in [2.45, 2.75) is 0 Å². The molecule has 4 heteroatoms. The third kappa shape index (κ3) is 1.87. The van der Waals surface area contributed by atoms with Gasteiger partial charge in [-0.15, -0.1) is 0 Å². The van der Waals surface area contributed by atoms with Crippen molar-refractivity contribution in [3.63, 3.8) is 0 Å². The molecule has 98 valence electrons. The van der Waals surface area contributed by atoms with Crippen LogP contribution >= 0.6 is 0 Å². The highest BCUT2D eigenvalue weighted by Gasteiger charge is 2.28. The molecule has 0 atom stereocenters. The van der Waals surface area contributed by atoms with Gasteiger partial charge in [0.15, 0.2) is 5.71 Å². The molecule has 2 aromatic rings. The van der Waals surface area contributed by atoms with Crippen LogP contribution in [0, 0.1) is 0 Å². The monoisotopic (exact) mass is 264 g/mol. The highest BCUT2D eigenvalue weighted by molar-refractivity contribution is 6.44. The average molecular weight is 264 g/mol. The number of hydrogen-bond acceptors (Lipinski definition) is 3. The summed E-state index contributed by atoms with van der Waals surface area (Å²) >= 11 is 0. The Balaban J connectivity index is 2.22. The lowest BCUT2D eigenvalue weighted by Crippen LogP contribution is -2.29. The van der Waals surface area contributed by atoms with E-state index >= 15 is 0 Å². The number of rotatable bonds is 2. The molecule has 0 saturated heterocycles. The van der Waals surface area contributed by atoms with Gasteiger partial charge < -0.3 is 10.0 Å². The number of fused-ring (bicyclic) bond motifs is 1. The fourth-order valence-corrected chi connectivity index (χ4v) is 2.23. The molecule has 0 saturated carbocycles. The van der Waals surface area contributed by atoms with Crippen molar-refractivity contribution in [1.29, 1.82) is 0 Å². The molecule has 0 fully saturated rings. The maximum atomic E-state index is 11.3. The Morgan fingerprint density at radius 1 is 1.05 bits per heavy atom. The molecular formula is C16H12N2O2. The Kier molecular flexibility index (Phi) is 2.84. The first-order valence-electron chi connectivity index (χ1n) is 6.14. The van der Waals surface area contributed by atoms with E-state index in [1.807, 2.05) is 53.4 Å². The second kappa shape index (κ2) is 4.66. The number of aliphatic carboxylic acids is 1. The standard InChI is InChI=1S/C16H12N2O2/c1-11-15(16(19)20)17-13-9-5-6-10-14(13)18(11)12-7-3-2-4-8-12/h2-10H,1H2,(H,19,20). The normalized spacial score (nSPS) is 13.7. The smallest absolute Gasteiger partial charge is 0.356 e. The summed E-state index contributed by atoms with van der Waals surface area (Å²) in [5.74, 6) is -1.08. The topological polar surface area (TPSA) is 52.9 Å². The Labute approximate surface area is 116 Å². The van der Waals surface area contributed by atoms with Crippen molar-refractivity contribution in [3.05, 3.63) is 66.9 Å². The fourth-order valence-electron chi connectivity index (χ4n) is 2.23. The van der Waals surface area contributed by atoms with E-state index in [0.29, 0.717) is 11.4 Å². The lowest BCUT2D eigenvalue weighted by Gasteiger charge is -2.31. The Morgan fingerprint density at radius 3 is 2.40 bits per heavy atom. The molecule has 1 aliphatic heterocycles. The number of hydrogen-bond donors (Lipinski definition) is 1. The summed E-state index contributed by atoms with van der Waals surface area (Å²) in [6.45, 7) is 3.89. The molecule has 3 rings (SSSR count). The minimum Gasteiger partial charge on any atom is -0.476 e. The van der Waals surface area contributed by atoms with Crippen LogP contribution < -0.4 is 4.90 Å². The molecule has 0 radical (unpaired) electrons. The van der Waals surface area contributed by atoms with E-state index in [0.717, 1.165) is 11.4 Å². The second-order valence-corrected chi connectivity index (χ2v) is 4.37. The van der Waals surface area contributed by atoms with Gasteiger partial charge in [-0.2, -0.15) is 0 Å². The first kappa shape index (κ1) is 12.2. The van der Waals surface area contributed by atoms with Crippen LogP contribution in [0.3, 0.4) is 0 Å². The molecular weight excluding hydrogens is 252 g/mol. The summed E-state index contributed by atoms with van der Waals surface area (Å²) in [6.07, 6.45) is 0. The van der Waals surface area contributed by atoms with Crippen molar-refractivity contribution in [2.75, 3.05) is 4.90 Å². The molecule has 20 heavy (non-hydrogen) atoms. The van der Waals surface area contributed by atoms with Gasteiger partial charge >= 0.3 is 5.97 Å². The van der Waals surface area contributed by atoms with Crippen molar-refractivity contribution in [1.82, 2.24) is 0 Å². The van der Waals surface area contributed by atoms with Crippen molar-refractivity contribution < 1.29 is 9.90 Å². The van der Waals surface area contributed by atoms with Crippen LogP contribution in [0.2, 0.25) is 0 Å². The number of anilines is 2. The van der Waals surface area contributed by atoms with Gasteiger partial charge in [-0.3, -0.25) is 0 Å². The average Bonchev–Trinajstić information content (AvgIpc) is 2.47. The van der Waals surface area contributed by atoms with Gasteiger partial charge in [0, 0.05) is 5.69 Å². The molecule has 0 unspecified atom stereocenters. The van der Waals surface area contributed by atoms with E-state index in [2.05, 4.69) is 11.6 Å². The van der Waals surface area contributed by atoms with Gasteiger partial charge in [-0.1, -0.05) is 36.9 Å². The van der Waals surface area contributed by atoms with Crippen molar-refractivity contribution in [2.24, 2.45) is 4.99 Å². The molecule has 1 heterocycles. The predicted molar refractivity (Wildman–Crippen MR) is 78.9 cm³/mol. The van der Waals surface area contributed by atoms with E-state index in [-0.39, 0.29) is 5.71 Å². The van der Waals surface area contributed by atoms with Gasteiger partial charge in [0.1, 0.15) is 0 Å². The van der Waals surface area contributed by atoms with Crippen LogP contribution in [0.1, 0.15) is 0 Å². The maximum absolute atomic E-state index is 11.3. The minimum absolute atomic E-state index is 0.0347. The zero-order valence-electron chi connectivity index (χ0n) is 10.7. The van der Waals surface area contributed by atoms with Crippen molar-refractivity contribution >= 4 is 28.7 Å². The number of carboxylic acids is 1. The van der Waals surface area contributed by atoms with Crippen LogP contribution in [0.15, 0.2) is 71.9 Å².